The molecule has 3 nitrogen and oxygen atoms in total. The van der Waals surface area contributed by atoms with Gasteiger partial charge in [-0.2, -0.15) is 4.89 Å². The summed E-state index contributed by atoms with van der Waals surface area (Å²) in [6, 6.07) is 0. The molecule has 0 aliphatic carbocycles. The molecule has 0 fully saturated rings. The second-order valence-corrected chi connectivity index (χ2v) is 2.93. The largest absolute Gasteiger partial charge is 0.339 e. The monoisotopic (exact) mass is 160 g/mol. The van der Waals surface area contributed by atoms with Crippen molar-refractivity contribution in [2.45, 2.75) is 33.6 Å². The molecule has 0 amide bonds. The van der Waals surface area contributed by atoms with E-state index in [4.69, 9.17) is 0 Å². The lowest BCUT2D eigenvalue weighted by Gasteiger charge is -2.03. The molecule has 0 N–H and O–H groups in total. The van der Waals surface area contributed by atoms with Crippen LogP contribution in [0.5, 0.6) is 0 Å². The van der Waals surface area contributed by atoms with Gasteiger partial charge in [-0.15, -0.1) is 0 Å². The lowest BCUT2D eigenvalue weighted by Crippen LogP contribution is -2.02. The standard InChI is InChI=1S/C8H16O3/c1-7(2)5-4-6-10-11-8(3)9/h7H,4-6H2,1-3H3. The Kier molecular flexibility index (Phi) is 5.84. The van der Waals surface area contributed by atoms with Crippen molar-refractivity contribution in [3.05, 3.63) is 0 Å². The zero-order valence-corrected chi connectivity index (χ0v) is 7.42. The lowest BCUT2D eigenvalue weighted by atomic mass is 10.1. The molecule has 0 aliphatic rings. The topological polar surface area (TPSA) is 35.5 Å². The number of hydrogen-bond donors (Lipinski definition) is 0. The van der Waals surface area contributed by atoms with Gasteiger partial charge in [-0.3, -0.25) is 4.89 Å². The van der Waals surface area contributed by atoms with Crippen LogP contribution in [0.4, 0.5) is 0 Å². The fourth-order valence-electron chi connectivity index (χ4n) is 0.675. The fraction of sp³-hybridized carbons (Fsp3) is 0.875. The van der Waals surface area contributed by atoms with Gasteiger partial charge >= 0.3 is 5.97 Å². The van der Waals surface area contributed by atoms with Gasteiger partial charge in [0.25, 0.3) is 0 Å². The molecule has 0 aromatic rings. The number of hydrogen-bond acceptors (Lipinski definition) is 3. The van der Waals surface area contributed by atoms with E-state index in [0.717, 1.165) is 12.8 Å². The van der Waals surface area contributed by atoms with Gasteiger partial charge in [-0.05, 0) is 18.8 Å². The van der Waals surface area contributed by atoms with E-state index in [1.807, 2.05) is 0 Å². The van der Waals surface area contributed by atoms with Crippen LogP contribution in [0, 0.1) is 5.92 Å². The molecular formula is C8H16O3. The van der Waals surface area contributed by atoms with Gasteiger partial charge < -0.3 is 0 Å². The summed E-state index contributed by atoms with van der Waals surface area (Å²) >= 11 is 0. The average Bonchev–Trinajstić information content (AvgIpc) is 1.85. The molecule has 0 radical (unpaired) electrons. The summed E-state index contributed by atoms with van der Waals surface area (Å²) < 4.78 is 0. The highest BCUT2D eigenvalue weighted by Crippen LogP contribution is 2.02. The maximum atomic E-state index is 10.2. The van der Waals surface area contributed by atoms with Gasteiger partial charge in [-0.1, -0.05) is 13.8 Å². The molecule has 0 saturated heterocycles. The van der Waals surface area contributed by atoms with Crippen molar-refractivity contribution < 1.29 is 14.6 Å². The van der Waals surface area contributed by atoms with Gasteiger partial charge in [0, 0.05) is 6.92 Å². The van der Waals surface area contributed by atoms with Gasteiger partial charge in [0.2, 0.25) is 0 Å². The third kappa shape index (κ3) is 9.43. The van der Waals surface area contributed by atoms with Crippen LogP contribution < -0.4 is 0 Å². The van der Waals surface area contributed by atoms with Crippen LogP contribution >= 0.6 is 0 Å². The Morgan fingerprint density at radius 3 is 2.55 bits per heavy atom. The summed E-state index contributed by atoms with van der Waals surface area (Å²) in [6.45, 7) is 6.11. The molecule has 0 spiro atoms. The molecule has 0 unspecified atom stereocenters. The summed E-state index contributed by atoms with van der Waals surface area (Å²) in [5.41, 5.74) is 0. The normalized spacial score (nSPS) is 10.2. The summed E-state index contributed by atoms with van der Waals surface area (Å²) in [5, 5.41) is 0. The third-order valence-corrected chi connectivity index (χ3v) is 1.19. The molecule has 0 aromatic carbocycles. The molecule has 0 saturated carbocycles. The number of carbonyl (C=O) groups excluding carboxylic acids is 1. The summed E-state index contributed by atoms with van der Waals surface area (Å²) in [4.78, 5) is 19.1. The average molecular weight is 160 g/mol. The van der Waals surface area contributed by atoms with Crippen LogP contribution in [0.1, 0.15) is 33.6 Å². The molecule has 0 atom stereocenters. The first-order valence-electron chi connectivity index (χ1n) is 3.93. The fourth-order valence-corrected chi connectivity index (χ4v) is 0.675. The van der Waals surface area contributed by atoms with Crippen molar-refractivity contribution in [2.75, 3.05) is 6.61 Å². The van der Waals surface area contributed by atoms with Crippen LogP contribution in [-0.2, 0) is 14.6 Å². The second-order valence-electron chi connectivity index (χ2n) is 2.93. The van der Waals surface area contributed by atoms with Gasteiger partial charge in [0.15, 0.2) is 0 Å². The van der Waals surface area contributed by atoms with E-state index in [1.54, 1.807) is 0 Å². The van der Waals surface area contributed by atoms with Gasteiger partial charge in [0.05, 0.1) is 6.61 Å². The van der Waals surface area contributed by atoms with Crippen molar-refractivity contribution in [1.82, 2.24) is 0 Å². The van der Waals surface area contributed by atoms with Crippen LogP contribution in [-0.4, -0.2) is 12.6 Å². The van der Waals surface area contributed by atoms with Crippen LogP contribution in [0.2, 0.25) is 0 Å². The van der Waals surface area contributed by atoms with Crippen LogP contribution in [0.3, 0.4) is 0 Å². The molecular weight excluding hydrogens is 144 g/mol. The molecule has 0 heterocycles. The van der Waals surface area contributed by atoms with Crippen molar-refractivity contribution >= 4 is 5.97 Å². The van der Waals surface area contributed by atoms with Crippen LogP contribution in [0.25, 0.3) is 0 Å². The van der Waals surface area contributed by atoms with Gasteiger partial charge in [-0.25, -0.2) is 4.79 Å². The first-order valence-corrected chi connectivity index (χ1v) is 3.93. The van der Waals surface area contributed by atoms with Gasteiger partial charge in [0.1, 0.15) is 0 Å². The molecule has 66 valence electrons. The molecule has 0 aliphatic heterocycles. The Balaban J connectivity index is 2.97. The van der Waals surface area contributed by atoms with Crippen molar-refractivity contribution in [1.29, 1.82) is 0 Å². The van der Waals surface area contributed by atoms with E-state index in [-0.39, 0.29) is 0 Å². The van der Waals surface area contributed by atoms with E-state index < -0.39 is 5.97 Å². The predicted molar refractivity (Wildman–Crippen MR) is 41.8 cm³/mol. The second kappa shape index (κ2) is 6.16. The highest BCUT2D eigenvalue weighted by Gasteiger charge is 1.96. The lowest BCUT2D eigenvalue weighted by molar-refractivity contribution is -0.270. The molecule has 0 rings (SSSR count). The first-order chi connectivity index (χ1) is 5.13. The Bertz CT molecular complexity index is 110. The van der Waals surface area contributed by atoms with Crippen molar-refractivity contribution in [3.8, 4) is 0 Å². The SMILES string of the molecule is CC(=O)OOCCCC(C)C. The van der Waals surface area contributed by atoms with Crippen molar-refractivity contribution in [2.24, 2.45) is 5.92 Å². The third-order valence-electron chi connectivity index (χ3n) is 1.19. The van der Waals surface area contributed by atoms with E-state index in [9.17, 15) is 4.79 Å². The minimum absolute atomic E-state index is 0.394. The predicted octanol–water partition coefficient (Wildman–Crippen LogP) is 1.92. The molecule has 3 heteroatoms. The highest BCUT2D eigenvalue weighted by atomic mass is 17.2. The summed E-state index contributed by atoms with van der Waals surface area (Å²) in [5.74, 6) is 0.283. The minimum Gasteiger partial charge on any atom is -0.299 e. The Hall–Kier alpha value is -0.570. The smallest absolute Gasteiger partial charge is 0.299 e. The first kappa shape index (κ1) is 10.4. The summed E-state index contributed by atoms with van der Waals surface area (Å²) in [6.07, 6.45) is 2.03. The van der Waals surface area contributed by atoms with E-state index >= 15 is 0 Å². The number of rotatable bonds is 5. The maximum Gasteiger partial charge on any atom is 0.339 e. The van der Waals surface area contributed by atoms with E-state index in [1.165, 1.54) is 6.92 Å². The Labute approximate surface area is 67.6 Å². The zero-order chi connectivity index (χ0) is 8.69. The zero-order valence-electron chi connectivity index (χ0n) is 7.42. The Morgan fingerprint density at radius 2 is 2.09 bits per heavy atom. The number of carbonyl (C=O) groups is 1. The quantitative estimate of drug-likeness (QED) is 0.350. The van der Waals surface area contributed by atoms with E-state index in [2.05, 4.69) is 23.6 Å². The summed E-state index contributed by atoms with van der Waals surface area (Å²) in [7, 11) is 0. The molecule has 11 heavy (non-hydrogen) atoms. The maximum absolute atomic E-state index is 10.2. The molecule has 0 aromatic heterocycles. The molecule has 0 bridgehead atoms. The van der Waals surface area contributed by atoms with Crippen molar-refractivity contribution in [3.63, 3.8) is 0 Å². The Morgan fingerprint density at radius 1 is 1.45 bits per heavy atom. The van der Waals surface area contributed by atoms with Crippen LogP contribution in [0.15, 0.2) is 0 Å². The highest BCUT2D eigenvalue weighted by molar-refractivity contribution is 5.65. The minimum atomic E-state index is -0.394. The van der Waals surface area contributed by atoms with E-state index in [0.29, 0.717) is 12.5 Å².